The minimum atomic E-state index is -3.53. The average molecular weight is 422 g/mol. The number of aryl methyl sites for hydroxylation is 1. The summed E-state index contributed by atoms with van der Waals surface area (Å²) in [5, 5.41) is 2.98. The molecule has 8 heteroatoms. The van der Waals surface area contributed by atoms with Crippen LogP contribution in [0.15, 0.2) is 34.5 Å². The maximum absolute atomic E-state index is 12.9. The first-order valence-electron chi connectivity index (χ1n) is 9.56. The number of rotatable bonds is 5. The second-order valence-electron chi connectivity index (χ2n) is 7.46. The Bertz CT molecular complexity index is 920. The van der Waals surface area contributed by atoms with Gasteiger partial charge in [-0.1, -0.05) is 31.5 Å². The molecule has 1 aromatic carbocycles. The molecule has 1 fully saturated rings. The van der Waals surface area contributed by atoms with Gasteiger partial charge in [-0.25, -0.2) is 13.4 Å². The highest BCUT2D eigenvalue weighted by molar-refractivity contribution is 7.89. The first-order valence-corrected chi connectivity index (χ1v) is 11.9. The van der Waals surface area contributed by atoms with E-state index < -0.39 is 10.0 Å². The zero-order valence-corrected chi connectivity index (χ0v) is 18.2. The van der Waals surface area contributed by atoms with Gasteiger partial charge in [0.05, 0.1) is 22.0 Å². The van der Waals surface area contributed by atoms with Gasteiger partial charge in [0.15, 0.2) is 0 Å². The number of hydrogen-bond acceptors (Lipinski definition) is 5. The van der Waals surface area contributed by atoms with E-state index >= 15 is 0 Å². The van der Waals surface area contributed by atoms with Crippen LogP contribution >= 0.6 is 11.3 Å². The maximum atomic E-state index is 12.9. The Balaban J connectivity index is 1.63. The van der Waals surface area contributed by atoms with Crippen LogP contribution in [0.4, 0.5) is 0 Å². The molecule has 0 radical (unpaired) electrons. The lowest BCUT2D eigenvalue weighted by Crippen LogP contribution is -2.38. The standard InChI is InChI=1S/C20H27N3O3S2/c1-15(2)20-21-17(14-27-20)13-19(24)22-9-4-10-23(12-11-22)28(25,26)18-7-5-16(3)6-8-18/h5-8,14-15H,4,9-13H2,1-3H3. The molecule has 1 aliphatic rings. The zero-order valence-electron chi connectivity index (χ0n) is 16.6. The Kier molecular flexibility index (Phi) is 6.52. The number of carbonyl (C=O) groups excluding carboxylic acids is 1. The van der Waals surface area contributed by atoms with Crippen molar-refractivity contribution < 1.29 is 13.2 Å². The number of benzene rings is 1. The van der Waals surface area contributed by atoms with Crippen molar-refractivity contribution in [2.45, 2.75) is 44.4 Å². The van der Waals surface area contributed by atoms with Crippen molar-refractivity contribution in [3.8, 4) is 0 Å². The Labute approximate surface area is 171 Å². The molecule has 0 atom stereocenters. The lowest BCUT2D eigenvalue weighted by Gasteiger charge is -2.22. The second kappa shape index (κ2) is 8.71. The zero-order chi connectivity index (χ0) is 20.3. The SMILES string of the molecule is Cc1ccc(S(=O)(=O)N2CCCN(C(=O)Cc3csc(C(C)C)n3)CC2)cc1. The van der Waals surface area contributed by atoms with Gasteiger partial charge in [0.1, 0.15) is 0 Å². The third-order valence-electron chi connectivity index (χ3n) is 4.86. The molecular formula is C20H27N3O3S2. The number of carbonyl (C=O) groups is 1. The van der Waals surface area contributed by atoms with E-state index in [9.17, 15) is 13.2 Å². The minimum absolute atomic E-state index is 0.00944. The highest BCUT2D eigenvalue weighted by atomic mass is 32.2. The van der Waals surface area contributed by atoms with Crippen molar-refractivity contribution in [3.63, 3.8) is 0 Å². The summed E-state index contributed by atoms with van der Waals surface area (Å²) < 4.78 is 27.3. The van der Waals surface area contributed by atoms with E-state index in [2.05, 4.69) is 18.8 Å². The minimum Gasteiger partial charge on any atom is -0.341 e. The van der Waals surface area contributed by atoms with Crippen LogP contribution in [0, 0.1) is 6.92 Å². The number of hydrogen-bond donors (Lipinski definition) is 0. The second-order valence-corrected chi connectivity index (χ2v) is 10.3. The lowest BCUT2D eigenvalue weighted by molar-refractivity contribution is -0.130. The van der Waals surface area contributed by atoms with Crippen molar-refractivity contribution in [1.82, 2.24) is 14.2 Å². The molecule has 1 aliphatic heterocycles. The van der Waals surface area contributed by atoms with Crippen molar-refractivity contribution in [2.24, 2.45) is 0 Å². The molecule has 1 saturated heterocycles. The van der Waals surface area contributed by atoms with Gasteiger partial charge in [-0.15, -0.1) is 11.3 Å². The first kappa shape index (κ1) is 21.0. The van der Waals surface area contributed by atoms with E-state index in [4.69, 9.17) is 0 Å². The van der Waals surface area contributed by atoms with E-state index in [1.807, 2.05) is 12.3 Å². The maximum Gasteiger partial charge on any atom is 0.243 e. The molecule has 0 bridgehead atoms. The number of nitrogens with zero attached hydrogens (tertiary/aromatic N) is 3. The number of thiazole rings is 1. The predicted molar refractivity (Wildman–Crippen MR) is 111 cm³/mol. The van der Waals surface area contributed by atoms with Crippen LogP contribution in [-0.4, -0.2) is 54.7 Å². The van der Waals surface area contributed by atoms with E-state index in [-0.39, 0.29) is 12.3 Å². The van der Waals surface area contributed by atoms with Crippen molar-refractivity contribution >= 4 is 27.3 Å². The Hall–Kier alpha value is -1.77. The molecule has 28 heavy (non-hydrogen) atoms. The summed E-state index contributed by atoms with van der Waals surface area (Å²) in [5.74, 6) is 0.364. The van der Waals surface area contributed by atoms with Crippen LogP contribution in [-0.2, 0) is 21.2 Å². The molecule has 2 aromatic rings. The fourth-order valence-corrected chi connectivity index (χ4v) is 5.48. The smallest absolute Gasteiger partial charge is 0.243 e. The number of amides is 1. The van der Waals surface area contributed by atoms with Crippen LogP contribution < -0.4 is 0 Å². The van der Waals surface area contributed by atoms with Gasteiger partial charge >= 0.3 is 0 Å². The van der Waals surface area contributed by atoms with Gasteiger partial charge < -0.3 is 4.90 Å². The third kappa shape index (κ3) is 4.79. The quantitative estimate of drug-likeness (QED) is 0.744. The van der Waals surface area contributed by atoms with Crippen molar-refractivity contribution in [3.05, 3.63) is 45.9 Å². The average Bonchev–Trinajstić information content (AvgIpc) is 2.97. The summed E-state index contributed by atoms with van der Waals surface area (Å²) in [6.45, 7) is 7.82. The van der Waals surface area contributed by atoms with E-state index in [1.165, 1.54) is 4.31 Å². The first-order chi connectivity index (χ1) is 13.3. The van der Waals surface area contributed by atoms with Gasteiger partial charge in [0, 0.05) is 37.5 Å². The topological polar surface area (TPSA) is 70.6 Å². The fraction of sp³-hybridized carbons (Fsp3) is 0.500. The van der Waals surface area contributed by atoms with Gasteiger partial charge in [-0.2, -0.15) is 4.31 Å². The molecule has 1 aromatic heterocycles. The van der Waals surface area contributed by atoms with Gasteiger partial charge in [0.25, 0.3) is 0 Å². The van der Waals surface area contributed by atoms with Gasteiger partial charge in [0.2, 0.25) is 15.9 Å². The largest absolute Gasteiger partial charge is 0.341 e. The monoisotopic (exact) mass is 421 g/mol. The Morgan fingerprint density at radius 1 is 1.14 bits per heavy atom. The number of sulfonamides is 1. The van der Waals surface area contributed by atoms with Gasteiger partial charge in [-0.3, -0.25) is 4.79 Å². The Morgan fingerprint density at radius 3 is 2.50 bits per heavy atom. The van der Waals surface area contributed by atoms with E-state index in [0.29, 0.717) is 43.4 Å². The normalized spacial score (nSPS) is 16.4. The van der Waals surface area contributed by atoms with Crippen LogP contribution in [0.3, 0.4) is 0 Å². The van der Waals surface area contributed by atoms with Crippen LogP contribution in [0.5, 0.6) is 0 Å². The number of aromatic nitrogens is 1. The molecule has 0 N–H and O–H groups in total. The molecule has 0 saturated carbocycles. The van der Waals surface area contributed by atoms with Crippen molar-refractivity contribution in [2.75, 3.05) is 26.2 Å². The summed E-state index contributed by atoms with van der Waals surface area (Å²) in [6, 6.07) is 6.90. The summed E-state index contributed by atoms with van der Waals surface area (Å²) in [7, 11) is -3.53. The van der Waals surface area contributed by atoms with E-state index in [0.717, 1.165) is 16.3 Å². The third-order valence-corrected chi connectivity index (χ3v) is 7.97. The molecule has 0 unspecified atom stereocenters. The molecule has 2 heterocycles. The molecule has 3 rings (SSSR count). The van der Waals surface area contributed by atoms with Crippen molar-refractivity contribution in [1.29, 1.82) is 0 Å². The highest BCUT2D eigenvalue weighted by Crippen LogP contribution is 2.21. The van der Waals surface area contributed by atoms with Crippen LogP contribution in [0.1, 0.15) is 42.5 Å². The highest BCUT2D eigenvalue weighted by Gasteiger charge is 2.28. The molecule has 1 amide bonds. The summed E-state index contributed by atoms with van der Waals surface area (Å²) in [5.41, 5.74) is 1.82. The molecule has 152 valence electrons. The van der Waals surface area contributed by atoms with Gasteiger partial charge in [-0.05, 0) is 25.5 Å². The summed E-state index contributed by atoms with van der Waals surface area (Å²) in [4.78, 5) is 19.3. The van der Waals surface area contributed by atoms with Crippen LogP contribution in [0.2, 0.25) is 0 Å². The summed E-state index contributed by atoms with van der Waals surface area (Å²) >= 11 is 1.58. The molecular weight excluding hydrogens is 394 g/mol. The Morgan fingerprint density at radius 2 is 1.86 bits per heavy atom. The summed E-state index contributed by atoms with van der Waals surface area (Å²) in [6.07, 6.45) is 0.902. The predicted octanol–water partition coefficient (Wildman–Crippen LogP) is 3.04. The van der Waals surface area contributed by atoms with Crippen LogP contribution in [0.25, 0.3) is 0 Å². The fourth-order valence-electron chi connectivity index (χ4n) is 3.18. The molecule has 6 nitrogen and oxygen atoms in total. The molecule has 0 spiro atoms. The van der Waals surface area contributed by atoms with E-state index in [1.54, 1.807) is 40.5 Å². The lowest BCUT2D eigenvalue weighted by atomic mass is 10.2. The molecule has 0 aliphatic carbocycles.